The maximum Gasteiger partial charge on any atom is 0.325 e. The summed E-state index contributed by atoms with van der Waals surface area (Å²) in [6.07, 6.45) is 0.328. The first-order valence-corrected chi connectivity index (χ1v) is 11.7. The molecule has 0 spiro atoms. The van der Waals surface area contributed by atoms with Crippen LogP contribution in [0.4, 0.5) is 0 Å². The first kappa shape index (κ1) is 28.3. The molecule has 10 heteroatoms. The van der Waals surface area contributed by atoms with Crippen molar-refractivity contribution in [2.45, 2.75) is 57.8 Å². The lowest BCUT2D eigenvalue weighted by Crippen LogP contribution is -2.58. The average Bonchev–Trinajstić information content (AvgIpc) is 2.83. The van der Waals surface area contributed by atoms with Crippen LogP contribution in [-0.4, -0.2) is 58.1 Å². The number of aliphatic carboxylic acids is 1. The number of rotatable bonds is 12. The van der Waals surface area contributed by atoms with Crippen LogP contribution < -0.4 is 21.7 Å². The Morgan fingerprint density at radius 3 is 1.92 bits per heavy atom. The smallest absolute Gasteiger partial charge is 0.325 e. The number of hydrogen-bond acceptors (Lipinski definition) is 6. The van der Waals surface area contributed by atoms with Crippen molar-refractivity contribution < 1.29 is 29.4 Å². The van der Waals surface area contributed by atoms with Gasteiger partial charge in [-0.1, -0.05) is 56.3 Å². The number of carbonyl (C=O) groups excluding carboxylic acids is 3. The molecule has 0 aliphatic carbocycles. The molecule has 36 heavy (non-hydrogen) atoms. The average molecular weight is 499 g/mol. The van der Waals surface area contributed by atoms with Gasteiger partial charge >= 0.3 is 5.97 Å². The van der Waals surface area contributed by atoms with Gasteiger partial charge in [0.2, 0.25) is 17.7 Å². The quantitative estimate of drug-likeness (QED) is 0.250. The number of phenolic OH excluding ortho intramolecular Hbond substituents is 1. The fraction of sp³-hybridized carbons (Fsp3) is 0.385. The van der Waals surface area contributed by atoms with Gasteiger partial charge in [-0.3, -0.25) is 19.2 Å². The first-order chi connectivity index (χ1) is 17.0. The number of nitrogens with two attached hydrogens (primary N) is 1. The second kappa shape index (κ2) is 13.2. The second-order valence-corrected chi connectivity index (χ2v) is 9.03. The predicted molar refractivity (Wildman–Crippen MR) is 134 cm³/mol. The van der Waals surface area contributed by atoms with Crippen molar-refractivity contribution in [3.8, 4) is 5.75 Å². The molecule has 0 aliphatic heterocycles. The number of carboxylic acids is 1. The number of phenols is 1. The van der Waals surface area contributed by atoms with Crippen LogP contribution in [0.2, 0.25) is 0 Å². The van der Waals surface area contributed by atoms with E-state index in [1.54, 1.807) is 50.2 Å². The third-order valence-corrected chi connectivity index (χ3v) is 5.62. The molecule has 0 saturated carbocycles. The van der Waals surface area contributed by atoms with Gasteiger partial charge in [-0.2, -0.15) is 0 Å². The SMILES string of the molecule is CC(NC(=O)C(Cc1ccccc1)NC(=O)C(NC(=O)C(N)Cc1ccc(O)cc1)C(C)C)C(=O)O. The van der Waals surface area contributed by atoms with Crippen LogP contribution >= 0.6 is 0 Å². The Morgan fingerprint density at radius 2 is 1.36 bits per heavy atom. The van der Waals surface area contributed by atoms with Gasteiger partial charge in [0, 0.05) is 6.42 Å². The number of aromatic hydroxyl groups is 1. The van der Waals surface area contributed by atoms with Crippen molar-refractivity contribution in [2.75, 3.05) is 0 Å². The lowest BCUT2D eigenvalue weighted by molar-refractivity contribution is -0.141. The number of carbonyl (C=O) groups is 4. The largest absolute Gasteiger partial charge is 0.508 e. The van der Waals surface area contributed by atoms with Crippen molar-refractivity contribution >= 4 is 23.7 Å². The third-order valence-electron chi connectivity index (χ3n) is 5.62. The van der Waals surface area contributed by atoms with Crippen molar-refractivity contribution in [1.29, 1.82) is 0 Å². The minimum Gasteiger partial charge on any atom is -0.508 e. The van der Waals surface area contributed by atoms with Gasteiger partial charge in [0.1, 0.15) is 23.9 Å². The topological polar surface area (TPSA) is 171 Å². The van der Waals surface area contributed by atoms with E-state index < -0.39 is 47.9 Å². The van der Waals surface area contributed by atoms with Crippen LogP contribution in [-0.2, 0) is 32.0 Å². The van der Waals surface area contributed by atoms with Crippen molar-refractivity contribution in [3.63, 3.8) is 0 Å². The summed E-state index contributed by atoms with van der Waals surface area (Å²) >= 11 is 0. The summed E-state index contributed by atoms with van der Waals surface area (Å²) in [4.78, 5) is 50.0. The first-order valence-electron chi connectivity index (χ1n) is 11.7. The molecule has 4 unspecified atom stereocenters. The van der Waals surface area contributed by atoms with Crippen LogP contribution in [0, 0.1) is 5.92 Å². The molecule has 0 heterocycles. The molecule has 0 aliphatic rings. The van der Waals surface area contributed by atoms with Gasteiger partial charge in [-0.05, 0) is 42.5 Å². The molecular formula is C26H34N4O6. The number of benzene rings is 2. The summed E-state index contributed by atoms with van der Waals surface area (Å²) in [6, 6.07) is 11.1. The van der Waals surface area contributed by atoms with Crippen LogP contribution in [0.15, 0.2) is 54.6 Å². The van der Waals surface area contributed by atoms with Crippen LogP contribution in [0.25, 0.3) is 0 Å². The van der Waals surface area contributed by atoms with E-state index in [0.29, 0.717) is 0 Å². The Balaban J connectivity index is 2.12. The van der Waals surface area contributed by atoms with Gasteiger partial charge in [-0.25, -0.2) is 0 Å². The zero-order chi connectivity index (χ0) is 26.8. The Kier molecular flexibility index (Phi) is 10.4. The second-order valence-electron chi connectivity index (χ2n) is 9.03. The lowest BCUT2D eigenvalue weighted by atomic mass is 9.99. The van der Waals surface area contributed by atoms with Crippen LogP contribution in [0.1, 0.15) is 31.9 Å². The Bertz CT molecular complexity index is 1040. The highest BCUT2D eigenvalue weighted by Gasteiger charge is 2.31. The van der Waals surface area contributed by atoms with E-state index in [1.807, 2.05) is 6.07 Å². The van der Waals surface area contributed by atoms with Crippen LogP contribution in [0.5, 0.6) is 5.75 Å². The molecule has 0 saturated heterocycles. The molecule has 194 valence electrons. The highest BCUT2D eigenvalue weighted by molar-refractivity contribution is 5.94. The maximum atomic E-state index is 13.2. The molecule has 3 amide bonds. The molecule has 4 atom stereocenters. The van der Waals surface area contributed by atoms with E-state index in [0.717, 1.165) is 11.1 Å². The minimum atomic E-state index is -1.21. The predicted octanol–water partition coefficient (Wildman–Crippen LogP) is 0.720. The number of carboxylic acid groups (broad SMARTS) is 1. The molecule has 2 aromatic carbocycles. The molecule has 2 rings (SSSR count). The Labute approximate surface area is 210 Å². The molecule has 7 N–H and O–H groups in total. The van der Waals surface area contributed by atoms with E-state index in [2.05, 4.69) is 16.0 Å². The van der Waals surface area contributed by atoms with Gasteiger partial charge in [0.25, 0.3) is 0 Å². The Morgan fingerprint density at radius 1 is 0.778 bits per heavy atom. The normalized spacial score (nSPS) is 14.2. The zero-order valence-electron chi connectivity index (χ0n) is 20.6. The van der Waals surface area contributed by atoms with Crippen molar-refractivity contribution in [3.05, 3.63) is 65.7 Å². The van der Waals surface area contributed by atoms with E-state index in [4.69, 9.17) is 10.8 Å². The summed E-state index contributed by atoms with van der Waals surface area (Å²) in [6.45, 7) is 4.82. The van der Waals surface area contributed by atoms with Gasteiger partial charge in [-0.15, -0.1) is 0 Å². The maximum absolute atomic E-state index is 13.2. The van der Waals surface area contributed by atoms with Crippen LogP contribution in [0.3, 0.4) is 0 Å². The standard InChI is InChI=1S/C26H34N4O6/c1-15(2)22(30-23(32)20(27)13-18-9-11-19(31)12-10-18)25(34)29-21(14-17-7-5-4-6-8-17)24(33)28-16(3)26(35)36/h4-12,15-16,20-22,31H,13-14,27H2,1-3H3,(H,28,33)(H,29,34)(H,30,32)(H,35,36). The third kappa shape index (κ3) is 8.70. The lowest BCUT2D eigenvalue weighted by Gasteiger charge is -2.27. The summed E-state index contributed by atoms with van der Waals surface area (Å²) in [5, 5.41) is 26.3. The molecule has 10 nitrogen and oxygen atoms in total. The monoisotopic (exact) mass is 498 g/mol. The fourth-order valence-electron chi connectivity index (χ4n) is 3.47. The van der Waals surface area contributed by atoms with E-state index in [9.17, 15) is 24.3 Å². The summed E-state index contributed by atoms with van der Waals surface area (Å²) < 4.78 is 0. The Hall–Kier alpha value is -3.92. The highest BCUT2D eigenvalue weighted by atomic mass is 16.4. The molecule has 0 fully saturated rings. The number of hydrogen-bond donors (Lipinski definition) is 6. The molecule has 2 aromatic rings. The van der Waals surface area contributed by atoms with E-state index in [-0.39, 0.29) is 24.5 Å². The molecular weight excluding hydrogens is 464 g/mol. The minimum absolute atomic E-state index is 0.0974. The zero-order valence-corrected chi connectivity index (χ0v) is 20.6. The number of nitrogens with one attached hydrogen (secondary N) is 3. The van der Waals surface area contributed by atoms with E-state index in [1.165, 1.54) is 19.1 Å². The summed E-state index contributed by atoms with van der Waals surface area (Å²) in [7, 11) is 0. The fourth-order valence-corrected chi connectivity index (χ4v) is 3.47. The molecule has 0 bridgehead atoms. The van der Waals surface area contributed by atoms with Gasteiger partial charge in [0.05, 0.1) is 6.04 Å². The van der Waals surface area contributed by atoms with E-state index >= 15 is 0 Å². The highest BCUT2D eigenvalue weighted by Crippen LogP contribution is 2.12. The summed E-state index contributed by atoms with van der Waals surface area (Å²) in [5.74, 6) is -3.22. The van der Waals surface area contributed by atoms with Crippen molar-refractivity contribution in [1.82, 2.24) is 16.0 Å². The van der Waals surface area contributed by atoms with Gasteiger partial charge < -0.3 is 31.9 Å². The molecule has 0 aromatic heterocycles. The summed E-state index contributed by atoms with van der Waals surface area (Å²) in [5.41, 5.74) is 7.55. The van der Waals surface area contributed by atoms with Crippen molar-refractivity contribution in [2.24, 2.45) is 11.7 Å². The van der Waals surface area contributed by atoms with Gasteiger partial charge in [0.15, 0.2) is 0 Å². The number of amides is 3. The molecule has 0 radical (unpaired) electrons.